The van der Waals surface area contributed by atoms with Crippen LogP contribution in [0.2, 0.25) is 0 Å². The molecule has 0 unspecified atom stereocenters. The van der Waals surface area contributed by atoms with Crippen LogP contribution in [-0.2, 0) is 6.54 Å². The van der Waals surface area contributed by atoms with E-state index < -0.39 is 0 Å². The summed E-state index contributed by atoms with van der Waals surface area (Å²) in [5.41, 5.74) is 3.40. The molecule has 0 saturated heterocycles. The molecule has 1 aliphatic rings. The zero-order valence-corrected chi connectivity index (χ0v) is 14.4. The molecule has 0 N–H and O–H groups in total. The Labute approximate surface area is 147 Å². The van der Waals surface area contributed by atoms with Crippen LogP contribution in [0.5, 0.6) is 0 Å². The van der Waals surface area contributed by atoms with Crippen molar-refractivity contribution in [1.82, 2.24) is 19.4 Å². The standard InChI is InChI=1S/C20H22N4O/c1-2-23(12-16-8-9-16)20(25)17-10-18-19(21-11-17)24(14-22-18)13-15-6-4-3-5-7-15/h3-7,10-11,14,16H,2,8-9,12-13H2,1H3. The molecule has 1 aliphatic carbocycles. The molecule has 2 heterocycles. The number of benzene rings is 1. The third kappa shape index (κ3) is 3.40. The summed E-state index contributed by atoms with van der Waals surface area (Å²) >= 11 is 0. The van der Waals surface area contributed by atoms with Gasteiger partial charge in [-0.1, -0.05) is 30.3 Å². The number of imidazole rings is 1. The van der Waals surface area contributed by atoms with Crippen LogP contribution in [0.4, 0.5) is 0 Å². The first kappa shape index (κ1) is 15.8. The molecule has 2 aromatic heterocycles. The molecule has 0 spiro atoms. The average molecular weight is 334 g/mol. The Hall–Kier alpha value is -2.69. The van der Waals surface area contributed by atoms with Crippen LogP contribution in [0.3, 0.4) is 0 Å². The predicted molar refractivity (Wildman–Crippen MR) is 97.4 cm³/mol. The zero-order valence-electron chi connectivity index (χ0n) is 14.4. The molecule has 1 fully saturated rings. The molecule has 0 atom stereocenters. The molecular formula is C20H22N4O. The van der Waals surface area contributed by atoms with Crippen LogP contribution < -0.4 is 0 Å². The maximum absolute atomic E-state index is 12.7. The number of pyridine rings is 1. The Morgan fingerprint density at radius 3 is 2.76 bits per heavy atom. The highest BCUT2D eigenvalue weighted by Gasteiger charge is 2.26. The van der Waals surface area contributed by atoms with Gasteiger partial charge in [0.1, 0.15) is 5.52 Å². The van der Waals surface area contributed by atoms with Crippen molar-refractivity contribution in [3.63, 3.8) is 0 Å². The van der Waals surface area contributed by atoms with Gasteiger partial charge in [0.2, 0.25) is 0 Å². The summed E-state index contributed by atoms with van der Waals surface area (Å²) < 4.78 is 2.01. The molecular weight excluding hydrogens is 312 g/mol. The Balaban J connectivity index is 1.57. The van der Waals surface area contributed by atoms with E-state index in [0.717, 1.165) is 30.8 Å². The highest BCUT2D eigenvalue weighted by molar-refractivity contribution is 5.96. The Kier molecular flexibility index (Phi) is 4.22. The highest BCUT2D eigenvalue weighted by Crippen LogP contribution is 2.30. The van der Waals surface area contributed by atoms with E-state index >= 15 is 0 Å². The van der Waals surface area contributed by atoms with Gasteiger partial charge in [0.25, 0.3) is 5.91 Å². The predicted octanol–water partition coefficient (Wildman–Crippen LogP) is 3.35. The summed E-state index contributed by atoms with van der Waals surface area (Å²) in [4.78, 5) is 23.6. The fourth-order valence-electron chi connectivity index (χ4n) is 3.11. The van der Waals surface area contributed by atoms with Gasteiger partial charge < -0.3 is 9.47 Å². The second kappa shape index (κ2) is 6.67. The summed E-state index contributed by atoms with van der Waals surface area (Å²) in [6, 6.07) is 12.1. The maximum atomic E-state index is 12.7. The van der Waals surface area contributed by atoms with Crippen LogP contribution >= 0.6 is 0 Å². The van der Waals surface area contributed by atoms with E-state index in [0.29, 0.717) is 11.5 Å². The van der Waals surface area contributed by atoms with Gasteiger partial charge in [-0.15, -0.1) is 0 Å². The van der Waals surface area contributed by atoms with Crippen LogP contribution in [-0.4, -0.2) is 38.4 Å². The second-order valence-electron chi connectivity index (χ2n) is 6.71. The third-order valence-corrected chi connectivity index (χ3v) is 4.74. The SMILES string of the molecule is CCN(CC1CC1)C(=O)c1cnc2c(c1)ncn2Cc1ccccc1. The molecule has 0 aliphatic heterocycles. The Morgan fingerprint density at radius 1 is 1.24 bits per heavy atom. The lowest BCUT2D eigenvalue weighted by atomic mass is 10.2. The summed E-state index contributed by atoms with van der Waals surface area (Å²) in [5, 5.41) is 0. The first-order valence-electron chi connectivity index (χ1n) is 8.88. The molecule has 1 saturated carbocycles. The van der Waals surface area contributed by atoms with Gasteiger partial charge in [0, 0.05) is 19.3 Å². The van der Waals surface area contributed by atoms with Gasteiger partial charge in [-0.2, -0.15) is 0 Å². The minimum atomic E-state index is 0.0569. The van der Waals surface area contributed by atoms with E-state index in [1.54, 1.807) is 12.5 Å². The monoisotopic (exact) mass is 334 g/mol. The number of carbonyl (C=O) groups is 1. The number of carbonyl (C=O) groups excluding carboxylic acids is 1. The number of amides is 1. The molecule has 1 aromatic carbocycles. The van der Waals surface area contributed by atoms with Gasteiger partial charge in [0.15, 0.2) is 5.65 Å². The lowest BCUT2D eigenvalue weighted by Crippen LogP contribution is -2.32. The molecule has 4 rings (SSSR count). The number of nitrogens with zero attached hydrogens (tertiary/aromatic N) is 4. The fraction of sp³-hybridized carbons (Fsp3) is 0.350. The van der Waals surface area contributed by atoms with Crippen molar-refractivity contribution in [1.29, 1.82) is 0 Å². The quantitative estimate of drug-likeness (QED) is 0.694. The summed E-state index contributed by atoms with van der Waals surface area (Å²) in [6.07, 6.45) is 5.96. The molecule has 1 amide bonds. The number of hydrogen-bond donors (Lipinski definition) is 0. The lowest BCUT2D eigenvalue weighted by Gasteiger charge is -2.20. The summed E-state index contributed by atoms with van der Waals surface area (Å²) in [7, 11) is 0. The molecule has 5 heteroatoms. The Bertz CT molecular complexity index is 883. The van der Waals surface area contributed by atoms with Crippen LogP contribution in [0.25, 0.3) is 11.2 Å². The van der Waals surface area contributed by atoms with Crippen molar-refractivity contribution < 1.29 is 4.79 Å². The van der Waals surface area contributed by atoms with E-state index in [1.165, 1.54) is 18.4 Å². The molecule has 128 valence electrons. The van der Waals surface area contributed by atoms with Crippen LogP contribution in [0.1, 0.15) is 35.7 Å². The second-order valence-corrected chi connectivity index (χ2v) is 6.71. The normalized spacial score (nSPS) is 14.0. The van der Waals surface area contributed by atoms with Gasteiger partial charge in [0.05, 0.1) is 18.4 Å². The van der Waals surface area contributed by atoms with Gasteiger partial charge in [-0.25, -0.2) is 9.97 Å². The topological polar surface area (TPSA) is 51.0 Å². The van der Waals surface area contributed by atoms with Crippen molar-refractivity contribution in [3.8, 4) is 0 Å². The largest absolute Gasteiger partial charge is 0.339 e. The molecule has 3 aromatic rings. The number of fused-ring (bicyclic) bond motifs is 1. The molecule has 0 radical (unpaired) electrons. The molecule has 0 bridgehead atoms. The Morgan fingerprint density at radius 2 is 2.04 bits per heavy atom. The van der Waals surface area contributed by atoms with Gasteiger partial charge in [-0.05, 0) is 37.3 Å². The van der Waals surface area contributed by atoms with Crippen LogP contribution in [0, 0.1) is 5.92 Å². The summed E-state index contributed by atoms with van der Waals surface area (Å²) in [6.45, 7) is 4.34. The zero-order chi connectivity index (χ0) is 17.2. The number of aromatic nitrogens is 3. The minimum Gasteiger partial charge on any atom is -0.339 e. The summed E-state index contributed by atoms with van der Waals surface area (Å²) in [5.74, 6) is 0.743. The van der Waals surface area contributed by atoms with Crippen molar-refractivity contribution >= 4 is 17.1 Å². The van der Waals surface area contributed by atoms with E-state index in [9.17, 15) is 4.79 Å². The van der Waals surface area contributed by atoms with Crippen molar-refractivity contribution in [3.05, 3.63) is 60.0 Å². The highest BCUT2D eigenvalue weighted by atomic mass is 16.2. The number of rotatable bonds is 6. The molecule has 25 heavy (non-hydrogen) atoms. The van der Waals surface area contributed by atoms with Gasteiger partial charge >= 0.3 is 0 Å². The minimum absolute atomic E-state index is 0.0569. The van der Waals surface area contributed by atoms with E-state index in [2.05, 4.69) is 22.1 Å². The smallest absolute Gasteiger partial charge is 0.255 e. The fourth-order valence-corrected chi connectivity index (χ4v) is 3.11. The average Bonchev–Trinajstić information content (AvgIpc) is 3.39. The van der Waals surface area contributed by atoms with Crippen molar-refractivity contribution in [2.45, 2.75) is 26.3 Å². The van der Waals surface area contributed by atoms with Crippen molar-refractivity contribution in [2.75, 3.05) is 13.1 Å². The van der Waals surface area contributed by atoms with E-state index in [4.69, 9.17) is 0 Å². The van der Waals surface area contributed by atoms with Crippen LogP contribution in [0.15, 0.2) is 48.9 Å². The maximum Gasteiger partial charge on any atom is 0.255 e. The lowest BCUT2D eigenvalue weighted by molar-refractivity contribution is 0.0756. The van der Waals surface area contributed by atoms with E-state index in [1.807, 2.05) is 40.7 Å². The van der Waals surface area contributed by atoms with Crippen molar-refractivity contribution in [2.24, 2.45) is 5.92 Å². The number of hydrogen-bond acceptors (Lipinski definition) is 3. The molecule has 5 nitrogen and oxygen atoms in total. The first-order chi connectivity index (χ1) is 12.2. The van der Waals surface area contributed by atoms with Gasteiger partial charge in [-0.3, -0.25) is 4.79 Å². The first-order valence-corrected chi connectivity index (χ1v) is 8.88. The van der Waals surface area contributed by atoms with E-state index in [-0.39, 0.29) is 5.91 Å². The third-order valence-electron chi connectivity index (χ3n) is 4.74.